The Hall–Kier alpha value is -0.780. The summed E-state index contributed by atoms with van der Waals surface area (Å²) in [7, 11) is 0. The Kier molecular flexibility index (Phi) is 4.01. The highest BCUT2D eigenvalue weighted by atomic mass is 35.5. The number of imidazole rings is 1. The number of hydrogen-bond donors (Lipinski definition) is 3. The zero-order chi connectivity index (χ0) is 9.68. The van der Waals surface area contributed by atoms with Crippen molar-refractivity contribution in [3.8, 4) is 0 Å². The third-order valence-corrected chi connectivity index (χ3v) is 1.92. The summed E-state index contributed by atoms with van der Waals surface area (Å²) in [6, 6.07) is 0. The standard InChI is InChI=1S/C7H12ClN3O2/c8-6-7(9-1-3-12)10-5-11(6)2-4-13/h5,9,12-13H,1-4H2. The third kappa shape index (κ3) is 2.58. The van der Waals surface area contributed by atoms with Crippen LogP contribution in [0.4, 0.5) is 5.82 Å². The lowest BCUT2D eigenvalue weighted by atomic mass is 10.6. The van der Waals surface area contributed by atoms with Gasteiger partial charge in [0.15, 0.2) is 11.0 Å². The minimum Gasteiger partial charge on any atom is -0.395 e. The molecule has 0 radical (unpaired) electrons. The van der Waals surface area contributed by atoms with Gasteiger partial charge in [-0.3, -0.25) is 0 Å². The Morgan fingerprint density at radius 2 is 2.23 bits per heavy atom. The number of aromatic nitrogens is 2. The van der Waals surface area contributed by atoms with Gasteiger partial charge in [0.1, 0.15) is 0 Å². The SMILES string of the molecule is OCCNc1ncn(CCO)c1Cl. The monoisotopic (exact) mass is 205 g/mol. The van der Waals surface area contributed by atoms with E-state index in [-0.39, 0.29) is 13.2 Å². The quantitative estimate of drug-likeness (QED) is 0.630. The number of aliphatic hydroxyl groups is 2. The third-order valence-electron chi connectivity index (χ3n) is 1.52. The van der Waals surface area contributed by atoms with E-state index in [1.165, 1.54) is 6.33 Å². The van der Waals surface area contributed by atoms with Crippen molar-refractivity contribution < 1.29 is 10.2 Å². The van der Waals surface area contributed by atoms with Crippen molar-refractivity contribution in [2.45, 2.75) is 6.54 Å². The molecular formula is C7H12ClN3O2. The summed E-state index contributed by atoms with van der Waals surface area (Å²) in [4.78, 5) is 3.97. The van der Waals surface area contributed by atoms with Crippen molar-refractivity contribution >= 4 is 17.4 Å². The molecule has 0 spiro atoms. The van der Waals surface area contributed by atoms with Crippen LogP contribution >= 0.6 is 11.6 Å². The molecule has 0 amide bonds. The van der Waals surface area contributed by atoms with Crippen molar-refractivity contribution in [2.24, 2.45) is 0 Å². The first-order chi connectivity index (χ1) is 6.29. The van der Waals surface area contributed by atoms with Crippen molar-refractivity contribution in [1.29, 1.82) is 0 Å². The maximum absolute atomic E-state index is 8.66. The normalized spacial score (nSPS) is 10.4. The highest BCUT2D eigenvalue weighted by Gasteiger charge is 2.06. The highest BCUT2D eigenvalue weighted by molar-refractivity contribution is 6.31. The molecule has 0 saturated heterocycles. The van der Waals surface area contributed by atoms with E-state index in [4.69, 9.17) is 21.8 Å². The summed E-state index contributed by atoms with van der Waals surface area (Å²) >= 11 is 5.88. The maximum atomic E-state index is 8.66. The fourth-order valence-electron chi connectivity index (χ4n) is 0.924. The predicted octanol–water partition coefficient (Wildman–Crippen LogP) is -0.0670. The second-order valence-corrected chi connectivity index (χ2v) is 2.81. The van der Waals surface area contributed by atoms with Crippen LogP contribution in [0.15, 0.2) is 6.33 Å². The fraction of sp³-hybridized carbons (Fsp3) is 0.571. The van der Waals surface area contributed by atoms with Crippen LogP contribution in [0, 0.1) is 0 Å². The number of halogens is 1. The van der Waals surface area contributed by atoms with Gasteiger partial charge in [-0.05, 0) is 0 Å². The summed E-state index contributed by atoms with van der Waals surface area (Å²) in [6.07, 6.45) is 1.54. The van der Waals surface area contributed by atoms with E-state index in [2.05, 4.69) is 10.3 Å². The molecule has 1 aromatic heterocycles. The lowest BCUT2D eigenvalue weighted by Crippen LogP contribution is -2.06. The topological polar surface area (TPSA) is 70.3 Å². The average molecular weight is 206 g/mol. The van der Waals surface area contributed by atoms with E-state index in [9.17, 15) is 0 Å². The van der Waals surface area contributed by atoms with Gasteiger partial charge >= 0.3 is 0 Å². The number of hydrogen-bond acceptors (Lipinski definition) is 4. The molecule has 0 saturated carbocycles. The molecular weight excluding hydrogens is 194 g/mol. The zero-order valence-corrected chi connectivity index (χ0v) is 7.83. The van der Waals surface area contributed by atoms with Crippen LogP contribution in [0.3, 0.4) is 0 Å². The van der Waals surface area contributed by atoms with Gasteiger partial charge in [0.25, 0.3) is 0 Å². The lowest BCUT2D eigenvalue weighted by molar-refractivity contribution is 0.276. The van der Waals surface area contributed by atoms with Crippen LogP contribution in [0.25, 0.3) is 0 Å². The molecule has 0 aliphatic carbocycles. The number of aliphatic hydroxyl groups excluding tert-OH is 2. The van der Waals surface area contributed by atoms with Crippen LogP contribution in [0.5, 0.6) is 0 Å². The molecule has 0 unspecified atom stereocenters. The molecule has 0 bridgehead atoms. The molecule has 0 aliphatic rings. The van der Waals surface area contributed by atoms with Crippen LogP contribution in [-0.2, 0) is 6.54 Å². The van der Waals surface area contributed by atoms with Crippen molar-refractivity contribution in [3.63, 3.8) is 0 Å². The van der Waals surface area contributed by atoms with Gasteiger partial charge in [0.05, 0.1) is 19.5 Å². The Labute approximate surface area is 81.0 Å². The molecule has 0 atom stereocenters. The Morgan fingerprint density at radius 1 is 1.46 bits per heavy atom. The Bertz CT molecular complexity index is 264. The average Bonchev–Trinajstić information content (AvgIpc) is 2.46. The summed E-state index contributed by atoms with van der Waals surface area (Å²) in [5, 5.41) is 20.5. The van der Waals surface area contributed by atoms with Crippen molar-refractivity contribution in [3.05, 3.63) is 11.5 Å². The predicted molar refractivity (Wildman–Crippen MR) is 49.9 cm³/mol. The molecule has 5 nitrogen and oxygen atoms in total. The largest absolute Gasteiger partial charge is 0.395 e. The van der Waals surface area contributed by atoms with E-state index in [0.29, 0.717) is 24.1 Å². The van der Waals surface area contributed by atoms with Crippen LogP contribution in [0.1, 0.15) is 0 Å². The summed E-state index contributed by atoms with van der Waals surface area (Å²) in [5.74, 6) is 0.532. The number of rotatable bonds is 5. The molecule has 13 heavy (non-hydrogen) atoms. The van der Waals surface area contributed by atoms with Crippen LogP contribution < -0.4 is 5.32 Å². The van der Waals surface area contributed by atoms with E-state index >= 15 is 0 Å². The second-order valence-electron chi connectivity index (χ2n) is 2.45. The number of nitrogens with one attached hydrogen (secondary N) is 1. The minimum atomic E-state index is 0.0233. The zero-order valence-electron chi connectivity index (χ0n) is 7.07. The molecule has 1 heterocycles. The number of nitrogens with zero attached hydrogens (tertiary/aromatic N) is 2. The van der Waals surface area contributed by atoms with E-state index in [1.807, 2.05) is 0 Å². The van der Waals surface area contributed by atoms with Crippen LogP contribution in [-0.4, -0.2) is 39.5 Å². The fourth-order valence-corrected chi connectivity index (χ4v) is 1.17. The molecule has 6 heteroatoms. The van der Waals surface area contributed by atoms with Gasteiger partial charge in [0, 0.05) is 13.1 Å². The molecule has 3 N–H and O–H groups in total. The lowest BCUT2D eigenvalue weighted by Gasteiger charge is -2.02. The molecule has 1 rings (SSSR count). The van der Waals surface area contributed by atoms with Crippen molar-refractivity contribution in [2.75, 3.05) is 25.1 Å². The summed E-state index contributed by atoms with van der Waals surface area (Å²) < 4.78 is 1.63. The molecule has 0 fully saturated rings. The summed E-state index contributed by atoms with van der Waals surface area (Å²) in [6.45, 7) is 0.890. The Morgan fingerprint density at radius 3 is 2.85 bits per heavy atom. The van der Waals surface area contributed by atoms with Gasteiger partial charge in [-0.1, -0.05) is 11.6 Å². The molecule has 0 aliphatic heterocycles. The molecule has 74 valence electrons. The van der Waals surface area contributed by atoms with E-state index < -0.39 is 0 Å². The maximum Gasteiger partial charge on any atom is 0.163 e. The highest BCUT2D eigenvalue weighted by Crippen LogP contribution is 2.18. The van der Waals surface area contributed by atoms with Gasteiger partial charge in [-0.2, -0.15) is 0 Å². The van der Waals surface area contributed by atoms with E-state index in [0.717, 1.165) is 0 Å². The van der Waals surface area contributed by atoms with E-state index in [1.54, 1.807) is 4.57 Å². The van der Waals surface area contributed by atoms with Crippen LogP contribution in [0.2, 0.25) is 5.15 Å². The molecule has 1 aromatic rings. The van der Waals surface area contributed by atoms with Crippen molar-refractivity contribution in [1.82, 2.24) is 9.55 Å². The van der Waals surface area contributed by atoms with Gasteiger partial charge in [0.2, 0.25) is 0 Å². The van der Waals surface area contributed by atoms with Gasteiger partial charge < -0.3 is 20.1 Å². The first-order valence-corrected chi connectivity index (χ1v) is 4.33. The van der Waals surface area contributed by atoms with Gasteiger partial charge in [-0.25, -0.2) is 4.98 Å². The summed E-state index contributed by atoms with van der Waals surface area (Å²) in [5.41, 5.74) is 0. The van der Waals surface area contributed by atoms with Gasteiger partial charge in [-0.15, -0.1) is 0 Å². The smallest absolute Gasteiger partial charge is 0.163 e. The Balaban J connectivity index is 2.62. The second kappa shape index (κ2) is 5.06. The minimum absolute atomic E-state index is 0.0233. The first kappa shape index (κ1) is 10.3. The number of anilines is 1. The molecule has 0 aromatic carbocycles. The first-order valence-electron chi connectivity index (χ1n) is 3.95.